The Hall–Kier alpha value is -3.51. The highest BCUT2D eigenvalue weighted by molar-refractivity contribution is 8.03. The summed E-state index contributed by atoms with van der Waals surface area (Å²) in [6, 6.07) is 10.8. The molecule has 1 aliphatic heterocycles. The molecule has 2 aromatic rings. The molecule has 0 fully saturated rings. The monoisotopic (exact) mass is 412 g/mol. The maximum Gasteiger partial charge on any atom is 0.254 e. The van der Waals surface area contributed by atoms with Crippen molar-refractivity contribution in [2.24, 2.45) is 5.73 Å². The lowest BCUT2D eigenvalue weighted by Gasteiger charge is -2.28. The van der Waals surface area contributed by atoms with Crippen LogP contribution in [0.5, 0.6) is 0 Å². The van der Waals surface area contributed by atoms with E-state index in [4.69, 9.17) is 10.2 Å². The van der Waals surface area contributed by atoms with Crippen LogP contribution >= 0.6 is 11.8 Å². The smallest absolute Gasteiger partial charge is 0.254 e. The predicted molar refractivity (Wildman–Crippen MR) is 107 cm³/mol. The Balaban J connectivity index is 1.99. The summed E-state index contributed by atoms with van der Waals surface area (Å²) < 4.78 is 18.6. The third-order valence-electron chi connectivity index (χ3n) is 4.18. The fourth-order valence-corrected chi connectivity index (χ4v) is 3.77. The van der Waals surface area contributed by atoms with E-state index < -0.39 is 23.5 Å². The molecule has 1 atom stereocenters. The number of nitrogens with zero attached hydrogens (tertiary/aromatic N) is 1. The lowest BCUT2D eigenvalue weighted by molar-refractivity contribution is -0.115. The van der Waals surface area contributed by atoms with Crippen molar-refractivity contribution >= 4 is 29.3 Å². The minimum absolute atomic E-state index is 0.0250. The highest BCUT2D eigenvalue weighted by atomic mass is 32.2. The number of halogens is 1. The average Bonchev–Trinajstić information content (AvgIpc) is 3.21. The van der Waals surface area contributed by atoms with Gasteiger partial charge in [-0.05, 0) is 43.3 Å². The van der Waals surface area contributed by atoms with Crippen LogP contribution in [0.4, 0.5) is 10.1 Å². The minimum atomic E-state index is -0.771. The molecule has 0 saturated heterocycles. The summed E-state index contributed by atoms with van der Waals surface area (Å²) in [5.41, 5.74) is 6.64. The molecule has 3 rings (SSSR count). The van der Waals surface area contributed by atoms with Crippen molar-refractivity contribution in [2.45, 2.75) is 12.8 Å². The number of hydrogen-bond acceptors (Lipinski definition) is 6. The van der Waals surface area contributed by atoms with Crippen molar-refractivity contribution in [2.75, 3.05) is 11.1 Å². The molecule has 2 amide bonds. The van der Waals surface area contributed by atoms with Gasteiger partial charge in [-0.2, -0.15) is 5.26 Å². The third kappa shape index (κ3) is 4.50. The van der Waals surface area contributed by atoms with Crippen LogP contribution in [0.3, 0.4) is 0 Å². The van der Waals surface area contributed by atoms with Gasteiger partial charge in [0.15, 0.2) is 0 Å². The molecular weight excluding hydrogens is 395 g/mol. The first kappa shape index (κ1) is 20.2. The number of carbonyl (C=O) groups excluding carboxylic acids is 2. The van der Waals surface area contributed by atoms with Crippen LogP contribution in [-0.2, 0) is 9.59 Å². The van der Waals surface area contributed by atoms with Gasteiger partial charge in [-0.3, -0.25) is 9.59 Å². The van der Waals surface area contributed by atoms with Crippen LogP contribution < -0.4 is 16.4 Å². The number of rotatable bonds is 6. The summed E-state index contributed by atoms with van der Waals surface area (Å²) in [5, 5.41) is 16.0. The van der Waals surface area contributed by atoms with E-state index in [0.717, 1.165) is 11.8 Å². The maximum absolute atomic E-state index is 13.1. The Kier molecular flexibility index (Phi) is 6.04. The van der Waals surface area contributed by atoms with Gasteiger partial charge in [0, 0.05) is 11.4 Å². The van der Waals surface area contributed by atoms with Crippen molar-refractivity contribution in [1.29, 1.82) is 5.26 Å². The Morgan fingerprint density at radius 3 is 2.66 bits per heavy atom. The standard InChI is InChI=1S/C20H17FN4O3S/c1-11-17(19(27)25-13-6-4-12(21)5-7-13)18(15-3-2-8-28-15)14(9-22)20(24-11)29-10-16(23)26/h2-8,18,24H,10H2,1H3,(H2,23,26)(H,25,27)/t18-/m0/s1. The second kappa shape index (κ2) is 8.67. The predicted octanol–water partition coefficient (Wildman–Crippen LogP) is 2.97. The Bertz CT molecular complexity index is 1040. The number of nitrogens with two attached hydrogens (primary N) is 1. The number of allylic oxidation sites excluding steroid dienone is 2. The quantitative estimate of drug-likeness (QED) is 0.671. The van der Waals surface area contributed by atoms with E-state index in [1.54, 1.807) is 19.1 Å². The number of carbonyl (C=O) groups is 2. The van der Waals surface area contributed by atoms with Gasteiger partial charge < -0.3 is 20.8 Å². The Morgan fingerprint density at radius 2 is 2.07 bits per heavy atom. The molecule has 1 aromatic carbocycles. The maximum atomic E-state index is 13.1. The van der Waals surface area contributed by atoms with Crippen molar-refractivity contribution < 1.29 is 18.4 Å². The SMILES string of the molecule is CC1=C(C(=O)Nc2ccc(F)cc2)[C@H](c2ccco2)C(C#N)=C(SCC(N)=O)N1. The van der Waals surface area contributed by atoms with E-state index in [1.807, 2.05) is 0 Å². The van der Waals surface area contributed by atoms with Crippen molar-refractivity contribution in [3.63, 3.8) is 0 Å². The molecule has 0 unspecified atom stereocenters. The molecule has 0 aliphatic carbocycles. The van der Waals surface area contributed by atoms with Gasteiger partial charge in [0.25, 0.3) is 5.91 Å². The molecule has 0 saturated carbocycles. The highest BCUT2D eigenvalue weighted by Crippen LogP contribution is 2.41. The van der Waals surface area contributed by atoms with Crippen molar-refractivity contribution in [3.8, 4) is 6.07 Å². The number of dihydropyridines is 1. The fraction of sp³-hybridized carbons (Fsp3) is 0.150. The first-order valence-electron chi connectivity index (χ1n) is 8.54. The molecule has 1 aromatic heterocycles. The molecule has 29 heavy (non-hydrogen) atoms. The first-order chi connectivity index (χ1) is 13.9. The number of amides is 2. The lowest BCUT2D eigenvalue weighted by atomic mass is 9.85. The second-order valence-corrected chi connectivity index (χ2v) is 7.17. The number of primary amides is 1. The number of thioether (sulfide) groups is 1. The largest absolute Gasteiger partial charge is 0.468 e. The highest BCUT2D eigenvalue weighted by Gasteiger charge is 2.36. The summed E-state index contributed by atoms with van der Waals surface area (Å²) >= 11 is 1.08. The summed E-state index contributed by atoms with van der Waals surface area (Å²) in [4.78, 5) is 24.2. The van der Waals surface area contributed by atoms with E-state index in [0.29, 0.717) is 22.2 Å². The average molecular weight is 412 g/mol. The zero-order chi connectivity index (χ0) is 21.0. The zero-order valence-electron chi connectivity index (χ0n) is 15.4. The number of furan rings is 1. The zero-order valence-corrected chi connectivity index (χ0v) is 16.2. The molecule has 1 aliphatic rings. The topological polar surface area (TPSA) is 121 Å². The van der Waals surface area contributed by atoms with Crippen LogP contribution in [0, 0.1) is 17.1 Å². The van der Waals surface area contributed by atoms with Gasteiger partial charge in [0.05, 0.1) is 40.2 Å². The normalized spacial score (nSPS) is 16.2. The number of nitrogens with one attached hydrogen (secondary N) is 2. The summed E-state index contributed by atoms with van der Waals surface area (Å²) in [7, 11) is 0. The second-order valence-electron chi connectivity index (χ2n) is 6.18. The van der Waals surface area contributed by atoms with Gasteiger partial charge in [-0.25, -0.2) is 4.39 Å². The molecule has 0 bridgehead atoms. The van der Waals surface area contributed by atoms with Gasteiger partial charge in [-0.15, -0.1) is 0 Å². The molecular formula is C20H17FN4O3S. The number of anilines is 1. The van der Waals surface area contributed by atoms with Gasteiger partial charge in [0.2, 0.25) is 5.91 Å². The van der Waals surface area contributed by atoms with Crippen LogP contribution in [0.1, 0.15) is 18.6 Å². The summed E-state index contributed by atoms with van der Waals surface area (Å²) in [6.07, 6.45) is 1.45. The van der Waals surface area contributed by atoms with E-state index in [-0.39, 0.29) is 16.9 Å². The number of benzene rings is 1. The van der Waals surface area contributed by atoms with Crippen molar-refractivity contribution in [1.82, 2.24) is 5.32 Å². The first-order valence-corrected chi connectivity index (χ1v) is 9.52. The van der Waals surface area contributed by atoms with Crippen LogP contribution in [0.15, 0.2) is 69.0 Å². The minimum Gasteiger partial charge on any atom is -0.468 e. The molecule has 9 heteroatoms. The summed E-state index contributed by atoms with van der Waals surface area (Å²) in [6.45, 7) is 1.69. The fourth-order valence-electron chi connectivity index (χ4n) is 2.94. The third-order valence-corrected chi connectivity index (χ3v) is 5.22. The molecule has 4 N–H and O–H groups in total. The number of hydrogen-bond donors (Lipinski definition) is 3. The van der Waals surface area contributed by atoms with Crippen LogP contribution in [-0.4, -0.2) is 17.6 Å². The molecule has 7 nitrogen and oxygen atoms in total. The molecule has 2 heterocycles. The van der Waals surface area contributed by atoms with Crippen LogP contribution in [0.25, 0.3) is 0 Å². The van der Waals surface area contributed by atoms with Gasteiger partial charge in [0.1, 0.15) is 11.6 Å². The Morgan fingerprint density at radius 1 is 1.34 bits per heavy atom. The molecule has 0 spiro atoms. The molecule has 0 radical (unpaired) electrons. The van der Waals surface area contributed by atoms with E-state index in [9.17, 15) is 19.2 Å². The number of nitriles is 1. The van der Waals surface area contributed by atoms with E-state index in [2.05, 4.69) is 16.7 Å². The lowest BCUT2D eigenvalue weighted by Crippen LogP contribution is -2.31. The van der Waals surface area contributed by atoms with Crippen molar-refractivity contribution in [3.05, 3.63) is 76.1 Å². The molecule has 148 valence electrons. The van der Waals surface area contributed by atoms with Gasteiger partial charge in [-0.1, -0.05) is 11.8 Å². The van der Waals surface area contributed by atoms with Gasteiger partial charge >= 0.3 is 0 Å². The summed E-state index contributed by atoms with van der Waals surface area (Å²) in [5.74, 6) is -1.80. The van der Waals surface area contributed by atoms with Crippen LogP contribution in [0.2, 0.25) is 0 Å². The van der Waals surface area contributed by atoms with E-state index in [1.165, 1.54) is 30.5 Å². The van der Waals surface area contributed by atoms with E-state index >= 15 is 0 Å². The Labute approximate surface area is 170 Å².